The molecule has 1 atom stereocenters. The van der Waals surface area contributed by atoms with Gasteiger partial charge in [-0.1, -0.05) is 42.5 Å². The standard InChI is InChI=1S/C26H10BF10N2/c28-17-15(18(29)22(33)25(36)21(17)32)27(16-19(30)23(34)26(37)24(35)20(16)31)13-9-5-4-8-12(13)14(10-38)39(27)11-6-2-1-3-7-11/h1-9,14H/q-1. The highest BCUT2D eigenvalue weighted by Gasteiger charge is 2.54. The normalized spacial score (nSPS) is 15.8. The molecule has 1 heterocycles. The highest BCUT2D eigenvalue weighted by atomic mass is 19.2. The lowest BCUT2D eigenvalue weighted by molar-refractivity contribution is 0.381. The summed E-state index contributed by atoms with van der Waals surface area (Å²) in [6, 6.07) is 11.0. The highest BCUT2D eigenvalue weighted by molar-refractivity contribution is 7.15. The number of anilines is 1. The van der Waals surface area contributed by atoms with Crippen LogP contribution in [-0.4, -0.2) is 6.28 Å². The first-order valence-corrected chi connectivity index (χ1v) is 11.0. The first kappa shape index (κ1) is 26.2. The number of benzene rings is 4. The molecule has 5 rings (SSSR count). The van der Waals surface area contributed by atoms with Gasteiger partial charge in [0.2, 0.25) is 0 Å². The minimum absolute atomic E-state index is 0.225. The molecule has 0 aromatic heterocycles. The Morgan fingerprint density at radius 3 is 1.36 bits per heavy atom. The van der Waals surface area contributed by atoms with E-state index in [-0.39, 0.29) is 11.3 Å². The number of hydrogen-bond acceptors (Lipinski definition) is 2. The summed E-state index contributed by atoms with van der Waals surface area (Å²) in [5, 5.41) is 10.1. The number of halogens is 10. The minimum Gasteiger partial charge on any atom is -0.516 e. The van der Waals surface area contributed by atoms with Gasteiger partial charge in [-0.15, -0.1) is 10.9 Å². The molecule has 0 spiro atoms. The second-order valence-electron chi connectivity index (χ2n) is 8.69. The molecular weight excluding hydrogens is 541 g/mol. The zero-order valence-electron chi connectivity index (χ0n) is 19.0. The van der Waals surface area contributed by atoms with Crippen LogP contribution in [0, 0.1) is 69.5 Å². The first-order valence-electron chi connectivity index (χ1n) is 11.0. The van der Waals surface area contributed by atoms with Gasteiger partial charge < -0.3 is 4.81 Å². The molecule has 13 heteroatoms. The Hall–Kier alpha value is -4.47. The summed E-state index contributed by atoms with van der Waals surface area (Å²) in [6.07, 6.45) is -4.51. The van der Waals surface area contributed by atoms with Gasteiger partial charge in [0, 0.05) is 0 Å². The van der Waals surface area contributed by atoms with Crippen molar-refractivity contribution < 1.29 is 43.9 Å². The number of hydrogen-bond donors (Lipinski definition) is 0. The molecule has 2 nitrogen and oxygen atoms in total. The van der Waals surface area contributed by atoms with Gasteiger partial charge in [-0.25, -0.2) is 43.9 Å². The average molecular weight is 551 g/mol. The molecule has 4 aromatic carbocycles. The molecule has 1 unspecified atom stereocenters. The molecule has 1 aliphatic rings. The van der Waals surface area contributed by atoms with Gasteiger partial charge in [-0.2, -0.15) is 10.7 Å². The Bertz CT molecular complexity index is 1580. The van der Waals surface area contributed by atoms with Gasteiger partial charge in [0.25, 0.3) is 0 Å². The minimum atomic E-state index is -4.51. The van der Waals surface area contributed by atoms with Gasteiger partial charge in [0.15, 0.2) is 41.2 Å². The van der Waals surface area contributed by atoms with Crippen molar-refractivity contribution >= 4 is 28.4 Å². The third-order valence-electron chi connectivity index (χ3n) is 6.94. The number of rotatable bonds is 3. The van der Waals surface area contributed by atoms with Crippen LogP contribution >= 0.6 is 0 Å². The van der Waals surface area contributed by atoms with Gasteiger partial charge in [0.05, 0.1) is 6.07 Å². The number of nitriles is 1. The van der Waals surface area contributed by atoms with E-state index in [2.05, 4.69) is 0 Å². The van der Waals surface area contributed by atoms with Crippen LogP contribution in [0.5, 0.6) is 0 Å². The van der Waals surface area contributed by atoms with Gasteiger partial charge in [0.1, 0.15) is 29.3 Å². The largest absolute Gasteiger partial charge is 0.516 e. The Morgan fingerprint density at radius 2 is 0.923 bits per heavy atom. The van der Waals surface area contributed by atoms with Crippen molar-refractivity contribution in [3.63, 3.8) is 0 Å². The Balaban J connectivity index is 2.15. The maximum atomic E-state index is 15.6. The summed E-state index contributed by atoms with van der Waals surface area (Å²) in [6.45, 7) is 0. The lowest BCUT2D eigenvalue weighted by Gasteiger charge is -2.51. The number of nitrogens with zero attached hydrogens (tertiary/aromatic N) is 2. The maximum Gasteiger partial charge on any atom is 0.200 e. The van der Waals surface area contributed by atoms with E-state index in [0.717, 1.165) is 12.1 Å². The Kier molecular flexibility index (Phi) is 6.09. The van der Waals surface area contributed by atoms with Gasteiger partial charge >= 0.3 is 0 Å². The molecule has 198 valence electrons. The van der Waals surface area contributed by atoms with E-state index in [4.69, 9.17) is 0 Å². The lowest BCUT2D eigenvalue weighted by Crippen LogP contribution is -2.78. The van der Waals surface area contributed by atoms with Crippen molar-refractivity contribution in [1.82, 2.24) is 0 Å². The van der Waals surface area contributed by atoms with Crippen molar-refractivity contribution in [3.05, 3.63) is 118 Å². The third kappa shape index (κ3) is 3.30. The zero-order valence-corrected chi connectivity index (χ0v) is 19.0. The second kappa shape index (κ2) is 9.08. The molecule has 0 radical (unpaired) electrons. The third-order valence-corrected chi connectivity index (χ3v) is 6.94. The van der Waals surface area contributed by atoms with E-state index >= 15 is 17.6 Å². The Morgan fingerprint density at radius 1 is 0.538 bits per heavy atom. The first-order chi connectivity index (χ1) is 18.5. The molecule has 0 saturated heterocycles. The van der Waals surface area contributed by atoms with Crippen LogP contribution in [0.15, 0.2) is 54.6 Å². The van der Waals surface area contributed by atoms with Crippen molar-refractivity contribution in [2.24, 2.45) is 0 Å². The number of para-hydroxylation sites is 1. The fourth-order valence-electron chi connectivity index (χ4n) is 5.48. The number of fused-ring (bicyclic) bond motifs is 1. The summed E-state index contributed by atoms with van der Waals surface area (Å²) in [7, 11) is 0. The van der Waals surface area contributed by atoms with Crippen LogP contribution < -0.4 is 21.2 Å². The molecule has 0 bridgehead atoms. The molecule has 0 aliphatic carbocycles. The highest BCUT2D eigenvalue weighted by Crippen LogP contribution is 2.40. The monoisotopic (exact) mass is 551 g/mol. The fraction of sp³-hybridized carbons (Fsp3) is 0.0385. The molecule has 4 aromatic rings. The SMILES string of the molecule is N#CC1c2ccccc2[B-](c2c(F)c(F)c(F)c(F)c2F)(c2c(F)c(F)c(F)c(F)c2F)N1c1ccccc1. The second-order valence-corrected chi connectivity index (χ2v) is 8.69. The van der Waals surface area contributed by atoms with Crippen LogP contribution in [-0.2, 0) is 0 Å². The molecular formula is C26H10BF10N2-. The fourth-order valence-corrected chi connectivity index (χ4v) is 5.48. The van der Waals surface area contributed by atoms with Gasteiger partial charge in [-0.05, 0) is 23.4 Å². The summed E-state index contributed by atoms with van der Waals surface area (Å²) in [4.78, 5) is 0.626. The van der Waals surface area contributed by atoms with E-state index in [1.54, 1.807) is 6.07 Å². The maximum absolute atomic E-state index is 15.6. The zero-order chi connectivity index (χ0) is 28.4. The van der Waals surface area contributed by atoms with Crippen LogP contribution in [0.25, 0.3) is 0 Å². The lowest BCUT2D eigenvalue weighted by atomic mass is 9.23. The molecule has 0 amide bonds. The summed E-state index contributed by atoms with van der Waals surface area (Å²) < 4.78 is 149. The van der Waals surface area contributed by atoms with E-state index in [1.807, 2.05) is 0 Å². The van der Waals surface area contributed by atoms with Crippen LogP contribution in [0.1, 0.15) is 11.6 Å². The Labute approximate surface area is 213 Å². The van der Waals surface area contributed by atoms with Crippen molar-refractivity contribution in [2.45, 2.75) is 6.04 Å². The van der Waals surface area contributed by atoms with E-state index in [9.17, 15) is 31.6 Å². The molecule has 0 fully saturated rings. The predicted octanol–water partition coefficient (Wildman–Crippen LogP) is 5.13. The van der Waals surface area contributed by atoms with Crippen LogP contribution in [0.2, 0.25) is 0 Å². The predicted molar refractivity (Wildman–Crippen MR) is 121 cm³/mol. The molecule has 1 aliphatic heterocycles. The molecule has 0 saturated carbocycles. The van der Waals surface area contributed by atoms with Crippen molar-refractivity contribution in [3.8, 4) is 6.07 Å². The van der Waals surface area contributed by atoms with Crippen molar-refractivity contribution in [2.75, 3.05) is 4.81 Å². The molecule has 0 N–H and O–H groups in total. The smallest absolute Gasteiger partial charge is 0.200 e. The van der Waals surface area contributed by atoms with E-state index in [0.29, 0.717) is 4.81 Å². The summed E-state index contributed by atoms with van der Waals surface area (Å²) in [5.74, 6) is -25.7. The summed E-state index contributed by atoms with van der Waals surface area (Å²) >= 11 is 0. The van der Waals surface area contributed by atoms with Gasteiger partial charge in [-0.3, -0.25) is 0 Å². The van der Waals surface area contributed by atoms with E-state index < -0.39 is 86.9 Å². The summed E-state index contributed by atoms with van der Waals surface area (Å²) in [5.41, 5.74) is -4.85. The van der Waals surface area contributed by atoms with Crippen LogP contribution in [0.3, 0.4) is 0 Å². The van der Waals surface area contributed by atoms with E-state index in [1.165, 1.54) is 42.5 Å². The molecule has 39 heavy (non-hydrogen) atoms. The quantitative estimate of drug-likeness (QED) is 0.153. The topological polar surface area (TPSA) is 27.0 Å². The van der Waals surface area contributed by atoms with Crippen molar-refractivity contribution in [1.29, 1.82) is 5.26 Å². The average Bonchev–Trinajstić information content (AvgIpc) is 3.24. The van der Waals surface area contributed by atoms with Crippen LogP contribution in [0.4, 0.5) is 49.6 Å².